The Morgan fingerprint density at radius 2 is 1.80 bits per heavy atom. The van der Waals surface area contributed by atoms with Crippen molar-refractivity contribution >= 4 is 17.6 Å². The molecule has 0 bridgehead atoms. The maximum Gasteiger partial charge on any atom is 0.244 e. The van der Waals surface area contributed by atoms with Crippen LogP contribution in [0.25, 0.3) is 11.7 Å². The molecule has 0 saturated heterocycles. The summed E-state index contributed by atoms with van der Waals surface area (Å²) in [5, 5.41) is 2.93. The second-order valence-electron chi connectivity index (χ2n) is 6.97. The zero-order valence-electron chi connectivity index (χ0n) is 16.8. The van der Waals surface area contributed by atoms with Crippen LogP contribution in [-0.2, 0) is 17.9 Å². The molecular formula is C25H23N3O2. The fraction of sp³-hybridized carbons (Fsp3) is 0.120. The summed E-state index contributed by atoms with van der Waals surface area (Å²) >= 11 is 0. The number of fused-ring (bicyclic) bond motifs is 1. The molecule has 150 valence electrons. The number of rotatable bonds is 7. The predicted molar refractivity (Wildman–Crippen MR) is 118 cm³/mol. The lowest BCUT2D eigenvalue weighted by atomic mass is 10.2. The van der Waals surface area contributed by atoms with Crippen LogP contribution >= 0.6 is 0 Å². The SMILES string of the molecule is Cc1nc2ccccn2c1CNC(=O)/C=C/c1ccc(OCc2ccccc2)cc1. The van der Waals surface area contributed by atoms with Crippen LogP contribution in [0.4, 0.5) is 0 Å². The van der Waals surface area contributed by atoms with Gasteiger partial charge in [-0.1, -0.05) is 48.5 Å². The fourth-order valence-electron chi connectivity index (χ4n) is 3.19. The number of aromatic nitrogens is 2. The second-order valence-corrected chi connectivity index (χ2v) is 6.97. The topological polar surface area (TPSA) is 55.6 Å². The fourth-order valence-corrected chi connectivity index (χ4v) is 3.19. The van der Waals surface area contributed by atoms with E-state index in [2.05, 4.69) is 10.3 Å². The number of hydrogen-bond donors (Lipinski definition) is 1. The number of imidazole rings is 1. The van der Waals surface area contributed by atoms with Crippen LogP contribution in [0, 0.1) is 6.92 Å². The Morgan fingerprint density at radius 1 is 1.03 bits per heavy atom. The van der Waals surface area contributed by atoms with Crippen molar-refractivity contribution in [1.29, 1.82) is 0 Å². The van der Waals surface area contributed by atoms with E-state index in [1.807, 2.05) is 90.3 Å². The van der Waals surface area contributed by atoms with Gasteiger partial charge in [0.1, 0.15) is 18.0 Å². The van der Waals surface area contributed by atoms with E-state index in [0.717, 1.165) is 33.9 Å². The average molecular weight is 397 g/mol. The molecule has 0 aliphatic heterocycles. The van der Waals surface area contributed by atoms with Crippen molar-refractivity contribution in [2.45, 2.75) is 20.1 Å². The van der Waals surface area contributed by atoms with E-state index in [1.165, 1.54) is 0 Å². The number of nitrogens with one attached hydrogen (secondary N) is 1. The standard InChI is InChI=1S/C25H23N3O2/c1-19-23(28-16-6-5-9-24(28)27-19)17-26-25(29)15-12-20-10-13-22(14-11-20)30-18-21-7-3-2-4-8-21/h2-16H,17-18H2,1H3,(H,26,29)/b15-12+. The van der Waals surface area contributed by atoms with Crippen molar-refractivity contribution < 1.29 is 9.53 Å². The number of amides is 1. The predicted octanol–water partition coefficient (Wildman–Crippen LogP) is 4.55. The van der Waals surface area contributed by atoms with E-state index in [0.29, 0.717) is 13.2 Å². The van der Waals surface area contributed by atoms with Gasteiger partial charge in [0.15, 0.2) is 0 Å². The summed E-state index contributed by atoms with van der Waals surface area (Å²) in [5.41, 5.74) is 4.83. The molecule has 0 spiro atoms. The quantitative estimate of drug-likeness (QED) is 0.466. The molecule has 0 fully saturated rings. The van der Waals surface area contributed by atoms with Crippen molar-refractivity contribution in [3.8, 4) is 5.75 Å². The molecule has 0 radical (unpaired) electrons. The number of nitrogens with zero attached hydrogens (tertiary/aromatic N) is 2. The monoisotopic (exact) mass is 397 g/mol. The maximum atomic E-state index is 12.2. The van der Waals surface area contributed by atoms with Gasteiger partial charge >= 0.3 is 0 Å². The van der Waals surface area contributed by atoms with E-state index in [9.17, 15) is 4.79 Å². The number of ether oxygens (including phenoxy) is 1. The Bertz CT molecular complexity index is 1160. The van der Waals surface area contributed by atoms with Crippen LogP contribution in [0.5, 0.6) is 5.75 Å². The van der Waals surface area contributed by atoms with Crippen LogP contribution in [0.1, 0.15) is 22.5 Å². The van der Waals surface area contributed by atoms with E-state index in [4.69, 9.17) is 4.74 Å². The number of aryl methyl sites for hydroxylation is 1. The summed E-state index contributed by atoms with van der Waals surface area (Å²) in [6.07, 6.45) is 5.28. The summed E-state index contributed by atoms with van der Waals surface area (Å²) in [7, 11) is 0. The van der Waals surface area contributed by atoms with Crippen LogP contribution < -0.4 is 10.1 Å². The van der Waals surface area contributed by atoms with Gasteiger partial charge in [-0.3, -0.25) is 4.79 Å². The molecule has 2 aromatic carbocycles. The largest absolute Gasteiger partial charge is 0.489 e. The van der Waals surface area contributed by atoms with Gasteiger partial charge in [0.05, 0.1) is 17.9 Å². The second kappa shape index (κ2) is 9.09. The third-order valence-electron chi connectivity index (χ3n) is 4.81. The molecule has 1 amide bonds. The first-order chi connectivity index (χ1) is 14.7. The zero-order chi connectivity index (χ0) is 20.8. The van der Waals surface area contributed by atoms with Gasteiger partial charge in [0, 0.05) is 12.3 Å². The highest BCUT2D eigenvalue weighted by Crippen LogP contribution is 2.15. The van der Waals surface area contributed by atoms with Crippen molar-refractivity contribution in [1.82, 2.24) is 14.7 Å². The number of carbonyl (C=O) groups excluding carboxylic acids is 1. The Labute approximate surface area is 175 Å². The first-order valence-electron chi connectivity index (χ1n) is 9.84. The molecule has 0 aliphatic rings. The summed E-state index contributed by atoms with van der Waals surface area (Å²) in [6, 6.07) is 23.6. The van der Waals surface area contributed by atoms with Crippen LogP contribution in [0.3, 0.4) is 0 Å². The molecule has 5 nitrogen and oxygen atoms in total. The highest BCUT2D eigenvalue weighted by atomic mass is 16.5. The molecule has 4 rings (SSSR count). The molecule has 0 aliphatic carbocycles. The molecule has 2 heterocycles. The minimum absolute atomic E-state index is 0.148. The van der Waals surface area contributed by atoms with Crippen molar-refractivity contribution in [2.24, 2.45) is 0 Å². The summed E-state index contributed by atoms with van der Waals surface area (Å²) in [4.78, 5) is 16.7. The Balaban J connectivity index is 1.31. The zero-order valence-corrected chi connectivity index (χ0v) is 16.8. The molecule has 0 saturated carbocycles. The molecule has 30 heavy (non-hydrogen) atoms. The van der Waals surface area contributed by atoms with Gasteiger partial charge in [0.25, 0.3) is 0 Å². The smallest absolute Gasteiger partial charge is 0.244 e. The van der Waals surface area contributed by atoms with E-state index < -0.39 is 0 Å². The van der Waals surface area contributed by atoms with Gasteiger partial charge in [-0.2, -0.15) is 0 Å². The first-order valence-corrected chi connectivity index (χ1v) is 9.84. The molecule has 0 unspecified atom stereocenters. The third kappa shape index (κ3) is 4.75. The third-order valence-corrected chi connectivity index (χ3v) is 4.81. The average Bonchev–Trinajstić information content (AvgIpc) is 3.11. The van der Waals surface area contributed by atoms with Gasteiger partial charge in [-0.25, -0.2) is 4.98 Å². The number of benzene rings is 2. The summed E-state index contributed by atoms with van der Waals surface area (Å²) in [6.45, 7) is 2.90. The van der Waals surface area contributed by atoms with E-state index >= 15 is 0 Å². The minimum Gasteiger partial charge on any atom is -0.489 e. The van der Waals surface area contributed by atoms with Gasteiger partial charge in [0.2, 0.25) is 5.91 Å². The minimum atomic E-state index is -0.148. The van der Waals surface area contributed by atoms with Crippen molar-refractivity contribution in [3.63, 3.8) is 0 Å². The van der Waals surface area contributed by atoms with Gasteiger partial charge in [-0.05, 0) is 48.4 Å². The Kier molecular flexibility index (Phi) is 5.90. The molecule has 4 aromatic rings. The number of hydrogen-bond acceptors (Lipinski definition) is 3. The van der Waals surface area contributed by atoms with Crippen LogP contribution in [-0.4, -0.2) is 15.3 Å². The summed E-state index contributed by atoms with van der Waals surface area (Å²) in [5.74, 6) is 0.647. The highest BCUT2D eigenvalue weighted by molar-refractivity contribution is 5.91. The van der Waals surface area contributed by atoms with Gasteiger partial charge in [-0.15, -0.1) is 0 Å². The lowest BCUT2D eigenvalue weighted by Crippen LogP contribution is -2.21. The highest BCUT2D eigenvalue weighted by Gasteiger charge is 2.08. The van der Waals surface area contributed by atoms with Gasteiger partial charge < -0.3 is 14.5 Å². The molecule has 0 atom stereocenters. The normalized spacial score (nSPS) is 11.1. The van der Waals surface area contributed by atoms with Crippen LogP contribution in [0.15, 0.2) is 85.1 Å². The Hall–Kier alpha value is -3.86. The maximum absolute atomic E-state index is 12.2. The lowest BCUT2D eigenvalue weighted by molar-refractivity contribution is -0.116. The number of pyridine rings is 1. The summed E-state index contributed by atoms with van der Waals surface area (Å²) < 4.78 is 7.78. The van der Waals surface area contributed by atoms with Crippen molar-refractivity contribution in [3.05, 3.63) is 108 Å². The Morgan fingerprint density at radius 3 is 2.60 bits per heavy atom. The lowest BCUT2D eigenvalue weighted by Gasteiger charge is -2.06. The van der Waals surface area contributed by atoms with Crippen LogP contribution in [0.2, 0.25) is 0 Å². The number of carbonyl (C=O) groups is 1. The molecule has 2 aromatic heterocycles. The van der Waals surface area contributed by atoms with E-state index in [-0.39, 0.29) is 5.91 Å². The molecule has 5 heteroatoms. The molecule has 1 N–H and O–H groups in total. The van der Waals surface area contributed by atoms with Crippen molar-refractivity contribution in [2.75, 3.05) is 0 Å². The first kappa shape index (κ1) is 19.5. The molecular weight excluding hydrogens is 374 g/mol. The van der Waals surface area contributed by atoms with E-state index in [1.54, 1.807) is 12.2 Å².